The molecule has 1 aromatic heterocycles. The second-order valence-corrected chi connectivity index (χ2v) is 12.9. The number of hydrogen-bond donors (Lipinski definition) is 0. The molecular weight excluding hydrogens is 456 g/mol. The van der Waals surface area contributed by atoms with E-state index < -0.39 is 10.1 Å². The van der Waals surface area contributed by atoms with E-state index in [1.165, 1.54) is 22.3 Å². The fraction of sp³-hybridized carbons (Fsp3) is 0.433. The van der Waals surface area contributed by atoms with E-state index in [2.05, 4.69) is 85.7 Å². The first-order valence-corrected chi connectivity index (χ1v) is 13.3. The highest BCUT2D eigenvalue weighted by Crippen LogP contribution is 2.34. The number of rotatable bonds is 2. The average molecular weight is 497 g/mol. The van der Waals surface area contributed by atoms with Crippen molar-refractivity contribution in [2.45, 2.75) is 91.9 Å². The standard InChI is InChI=1S/C21H29O.C9H12O3S/c1-14-9-15(2)11-16(10-14)17-12-18(20(3,4)5)22-19(13-17)21(6,7)8;1-6-4-7(2)9(8(3)5-6)13(10,11)12/h9-13H,1-8H3;4-5H,1-3H3,(H,10,11,12)/q+1;/p-1. The number of benzene rings is 2. The first kappa shape index (κ1) is 28.7. The normalized spacial score (nSPS) is 12.2. The maximum absolute atomic E-state index is 10.8. The zero-order valence-corrected chi connectivity index (χ0v) is 23.9. The predicted molar refractivity (Wildman–Crippen MR) is 144 cm³/mol. The van der Waals surface area contributed by atoms with E-state index in [1.807, 2.05) is 6.92 Å². The molecule has 190 valence electrons. The lowest BCUT2D eigenvalue weighted by Crippen LogP contribution is -2.16. The van der Waals surface area contributed by atoms with Gasteiger partial charge in [-0.2, -0.15) is 0 Å². The first-order chi connectivity index (χ1) is 15.8. The minimum absolute atomic E-state index is 0.00508. The first-order valence-electron chi connectivity index (χ1n) is 11.9. The van der Waals surface area contributed by atoms with Gasteiger partial charge in [0.1, 0.15) is 10.1 Å². The summed E-state index contributed by atoms with van der Waals surface area (Å²) in [6.07, 6.45) is 0. The van der Waals surface area contributed by atoms with E-state index in [1.54, 1.807) is 26.0 Å². The van der Waals surface area contributed by atoms with Gasteiger partial charge < -0.3 is 4.55 Å². The van der Waals surface area contributed by atoms with Gasteiger partial charge in [0.05, 0.1) is 15.7 Å². The van der Waals surface area contributed by atoms with Crippen molar-refractivity contribution in [2.75, 3.05) is 0 Å². The molecule has 2 aromatic carbocycles. The molecule has 0 aliphatic heterocycles. The molecule has 0 atom stereocenters. The monoisotopic (exact) mass is 496 g/mol. The summed E-state index contributed by atoms with van der Waals surface area (Å²) in [6, 6.07) is 14.5. The Morgan fingerprint density at radius 1 is 0.600 bits per heavy atom. The van der Waals surface area contributed by atoms with Gasteiger partial charge in [0.15, 0.2) is 0 Å². The third kappa shape index (κ3) is 7.74. The third-order valence-electron chi connectivity index (χ3n) is 5.68. The maximum Gasteiger partial charge on any atom is 0.335 e. The van der Waals surface area contributed by atoms with Crippen LogP contribution in [-0.4, -0.2) is 13.0 Å². The van der Waals surface area contributed by atoms with Gasteiger partial charge in [-0.1, -0.05) is 47.0 Å². The molecule has 0 unspecified atom stereocenters. The van der Waals surface area contributed by atoms with Gasteiger partial charge in [-0.3, -0.25) is 0 Å². The Kier molecular flexibility index (Phi) is 8.41. The average Bonchev–Trinajstić information content (AvgIpc) is 2.64. The number of hydrogen-bond acceptors (Lipinski definition) is 3. The maximum atomic E-state index is 10.8. The van der Waals surface area contributed by atoms with Gasteiger partial charge >= 0.3 is 11.5 Å². The van der Waals surface area contributed by atoms with Crippen LogP contribution in [0, 0.1) is 34.6 Å². The molecule has 0 bridgehead atoms. The van der Waals surface area contributed by atoms with Gasteiger partial charge in [-0.05, 0) is 98.4 Å². The fourth-order valence-electron chi connectivity index (χ4n) is 4.11. The second kappa shape index (κ2) is 10.2. The summed E-state index contributed by atoms with van der Waals surface area (Å²) >= 11 is 0. The summed E-state index contributed by atoms with van der Waals surface area (Å²) in [6.45, 7) is 22.6. The predicted octanol–water partition coefficient (Wildman–Crippen LogP) is 7.96. The third-order valence-corrected chi connectivity index (χ3v) is 6.83. The van der Waals surface area contributed by atoms with Crippen LogP contribution < -0.4 is 0 Å². The highest BCUT2D eigenvalue weighted by Gasteiger charge is 2.34. The van der Waals surface area contributed by atoms with Crippen LogP contribution in [-0.2, 0) is 20.9 Å². The second-order valence-electron chi connectivity index (χ2n) is 11.6. The summed E-state index contributed by atoms with van der Waals surface area (Å²) in [5.74, 6) is 2.07. The summed E-state index contributed by atoms with van der Waals surface area (Å²) in [4.78, 5) is -0.0851. The molecule has 3 rings (SSSR count). The minimum atomic E-state index is -4.33. The van der Waals surface area contributed by atoms with E-state index >= 15 is 0 Å². The molecule has 0 saturated heterocycles. The molecule has 0 N–H and O–H groups in total. The zero-order chi connectivity index (χ0) is 26.9. The Morgan fingerprint density at radius 2 is 0.943 bits per heavy atom. The van der Waals surface area contributed by atoms with Gasteiger partial charge in [-0.15, -0.1) is 0 Å². The largest absolute Gasteiger partial charge is 0.744 e. The zero-order valence-electron chi connectivity index (χ0n) is 23.1. The molecule has 35 heavy (non-hydrogen) atoms. The molecular formula is C30H40O4S. The molecule has 0 radical (unpaired) electrons. The van der Waals surface area contributed by atoms with Gasteiger partial charge in [0.25, 0.3) is 0 Å². The van der Waals surface area contributed by atoms with Gasteiger partial charge in [0, 0.05) is 12.1 Å². The molecule has 1 heterocycles. The Balaban J connectivity index is 0.000000283. The smallest absolute Gasteiger partial charge is 0.335 e. The highest BCUT2D eigenvalue weighted by atomic mass is 32.2. The van der Waals surface area contributed by atoms with Crippen molar-refractivity contribution in [1.82, 2.24) is 0 Å². The van der Waals surface area contributed by atoms with Crippen LogP contribution in [0.5, 0.6) is 0 Å². The Labute approximate surface area is 212 Å². The lowest BCUT2D eigenvalue weighted by molar-refractivity contribution is 0.329. The van der Waals surface area contributed by atoms with Crippen molar-refractivity contribution in [1.29, 1.82) is 0 Å². The SMILES string of the molecule is Cc1cc(C)c(S(=O)(=O)[O-])c(C)c1.Cc1cc(C)cc(-c2cc(C(C)(C)C)[o+]c(C(C)(C)C)c2)c1. The molecule has 5 heteroatoms. The van der Waals surface area contributed by atoms with E-state index in [0.29, 0.717) is 11.1 Å². The molecule has 3 aromatic rings. The quantitative estimate of drug-likeness (QED) is 0.267. The van der Waals surface area contributed by atoms with Crippen LogP contribution in [0.3, 0.4) is 0 Å². The minimum Gasteiger partial charge on any atom is -0.744 e. The molecule has 0 aliphatic carbocycles. The highest BCUT2D eigenvalue weighted by molar-refractivity contribution is 7.85. The van der Waals surface area contributed by atoms with Crippen molar-refractivity contribution in [3.05, 3.63) is 81.8 Å². The summed E-state index contributed by atoms with van der Waals surface area (Å²) in [5.41, 5.74) is 7.10. The molecule has 4 nitrogen and oxygen atoms in total. The summed E-state index contributed by atoms with van der Waals surface area (Å²) < 4.78 is 38.7. The fourth-order valence-corrected chi connectivity index (χ4v) is 5.02. The van der Waals surface area contributed by atoms with Gasteiger partial charge in [-0.25, -0.2) is 12.8 Å². The Hall–Kier alpha value is -2.50. The lowest BCUT2D eigenvalue weighted by atomic mass is 9.87. The van der Waals surface area contributed by atoms with Crippen LogP contribution >= 0.6 is 0 Å². The molecule has 0 amide bonds. The molecule has 0 aliphatic rings. The van der Waals surface area contributed by atoms with Crippen molar-refractivity contribution < 1.29 is 17.4 Å². The Bertz CT molecular complexity index is 1250. The van der Waals surface area contributed by atoms with E-state index in [9.17, 15) is 13.0 Å². The van der Waals surface area contributed by atoms with E-state index in [0.717, 1.165) is 17.1 Å². The van der Waals surface area contributed by atoms with Crippen molar-refractivity contribution >= 4 is 10.1 Å². The van der Waals surface area contributed by atoms with Crippen LogP contribution in [0.4, 0.5) is 0 Å². The topological polar surface area (TPSA) is 68.5 Å². The lowest BCUT2D eigenvalue weighted by Gasteiger charge is -2.15. The molecule has 0 saturated carbocycles. The van der Waals surface area contributed by atoms with Crippen LogP contribution in [0.2, 0.25) is 0 Å². The van der Waals surface area contributed by atoms with Crippen LogP contribution in [0.15, 0.2) is 51.8 Å². The van der Waals surface area contributed by atoms with E-state index in [4.69, 9.17) is 4.42 Å². The van der Waals surface area contributed by atoms with Crippen molar-refractivity contribution in [2.24, 2.45) is 0 Å². The van der Waals surface area contributed by atoms with Gasteiger partial charge in [0.2, 0.25) is 0 Å². The van der Waals surface area contributed by atoms with E-state index in [-0.39, 0.29) is 15.7 Å². The summed E-state index contributed by atoms with van der Waals surface area (Å²) in [5, 5.41) is 0. The van der Waals surface area contributed by atoms with Crippen molar-refractivity contribution in [3.63, 3.8) is 0 Å². The Morgan fingerprint density at radius 3 is 1.29 bits per heavy atom. The van der Waals surface area contributed by atoms with Crippen LogP contribution in [0.25, 0.3) is 11.1 Å². The molecule has 0 spiro atoms. The summed E-state index contributed by atoms with van der Waals surface area (Å²) in [7, 11) is -4.33. The number of aryl methyl sites for hydroxylation is 5. The van der Waals surface area contributed by atoms with Crippen molar-refractivity contribution in [3.8, 4) is 11.1 Å². The van der Waals surface area contributed by atoms with Crippen LogP contribution in [0.1, 0.15) is 80.9 Å². The molecule has 0 fully saturated rings.